The monoisotopic (exact) mass is 178 g/mol. The molecule has 0 aliphatic carbocycles. The molecule has 0 aromatic carbocycles. The van der Waals surface area contributed by atoms with E-state index in [4.69, 9.17) is 9.47 Å². The first-order valence-electron chi connectivity index (χ1n) is 3.80. The number of hydrogen-bond donors (Lipinski definition) is 1. The van der Waals surface area contributed by atoms with Gasteiger partial charge in [-0.1, -0.05) is 13.8 Å². The molecule has 68 valence electrons. The van der Waals surface area contributed by atoms with E-state index in [0.717, 1.165) is 12.4 Å². The van der Waals surface area contributed by atoms with E-state index in [1.807, 2.05) is 0 Å². The Morgan fingerprint density at radius 3 is 2.36 bits per heavy atom. The zero-order chi connectivity index (χ0) is 8.74. The predicted molar refractivity (Wildman–Crippen MR) is 50.3 cm³/mol. The molecule has 0 unspecified atom stereocenters. The summed E-state index contributed by atoms with van der Waals surface area (Å²) in [6.45, 7) is 6.36. The van der Waals surface area contributed by atoms with Crippen LogP contribution < -0.4 is 0 Å². The molecule has 0 rings (SSSR count). The van der Waals surface area contributed by atoms with Gasteiger partial charge in [0.25, 0.3) is 0 Å². The first-order valence-corrected chi connectivity index (χ1v) is 4.43. The standard InChI is InChI=1S/C8H18O2S/c1-8(2,7-11)6-10-5-4-9-3/h11H,4-7H2,1-3H3. The van der Waals surface area contributed by atoms with Gasteiger partial charge in [0, 0.05) is 7.11 Å². The quantitative estimate of drug-likeness (QED) is 0.492. The van der Waals surface area contributed by atoms with Crippen LogP contribution in [0.3, 0.4) is 0 Å². The summed E-state index contributed by atoms with van der Waals surface area (Å²) in [6.07, 6.45) is 0. The lowest BCUT2D eigenvalue weighted by Gasteiger charge is -2.21. The highest BCUT2D eigenvalue weighted by Gasteiger charge is 2.14. The maximum Gasteiger partial charge on any atom is 0.0700 e. The lowest BCUT2D eigenvalue weighted by Crippen LogP contribution is -2.22. The van der Waals surface area contributed by atoms with Gasteiger partial charge in [-0.15, -0.1) is 0 Å². The van der Waals surface area contributed by atoms with Crippen LogP contribution in [0.5, 0.6) is 0 Å². The Morgan fingerprint density at radius 2 is 1.91 bits per heavy atom. The Kier molecular flexibility index (Phi) is 6.01. The zero-order valence-electron chi connectivity index (χ0n) is 7.59. The third-order valence-corrected chi connectivity index (χ3v) is 2.21. The van der Waals surface area contributed by atoms with Crippen molar-refractivity contribution in [3.8, 4) is 0 Å². The largest absolute Gasteiger partial charge is 0.382 e. The van der Waals surface area contributed by atoms with E-state index in [2.05, 4.69) is 26.5 Å². The third-order valence-electron chi connectivity index (χ3n) is 1.35. The summed E-state index contributed by atoms with van der Waals surface area (Å²) < 4.78 is 10.2. The Bertz CT molecular complexity index is 94.1. The number of ether oxygens (including phenoxy) is 2. The minimum absolute atomic E-state index is 0.177. The first-order chi connectivity index (χ1) is 5.12. The van der Waals surface area contributed by atoms with Crippen molar-refractivity contribution >= 4 is 12.6 Å². The van der Waals surface area contributed by atoms with Crippen molar-refractivity contribution in [1.29, 1.82) is 0 Å². The summed E-state index contributed by atoms with van der Waals surface area (Å²) >= 11 is 4.21. The molecule has 3 heteroatoms. The second-order valence-electron chi connectivity index (χ2n) is 3.37. The molecule has 0 aromatic rings. The third kappa shape index (κ3) is 6.66. The van der Waals surface area contributed by atoms with Gasteiger partial charge in [0.2, 0.25) is 0 Å². The molecule has 0 bridgehead atoms. The summed E-state index contributed by atoms with van der Waals surface area (Å²) in [5.41, 5.74) is 0.177. The van der Waals surface area contributed by atoms with Crippen molar-refractivity contribution in [3.05, 3.63) is 0 Å². The number of methoxy groups -OCH3 is 1. The molecular formula is C8H18O2S. The molecule has 0 atom stereocenters. The van der Waals surface area contributed by atoms with E-state index in [0.29, 0.717) is 13.2 Å². The van der Waals surface area contributed by atoms with Crippen LogP contribution in [0.4, 0.5) is 0 Å². The van der Waals surface area contributed by atoms with Crippen LogP contribution >= 0.6 is 12.6 Å². The topological polar surface area (TPSA) is 18.5 Å². The fourth-order valence-electron chi connectivity index (χ4n) is 0.536. The van der Waals surface area contributed by atoms with E-state index in [1.54, 1.807) is 7.11 Å². The molecule has 0 radical (unpaired) electrons. The van der Waals surface area contributed by atoms with Crippen LogP contribution in [0.25, 0.3) is 0 Å². The summed E-state index contributed by atoms with van der Waals surface area (Å²) in [4.78, 5) is 0. The van der Waals surface area contributed by atoms with Gasteiger partial charge >= 0.3 is 0 Å². The average Bonchev–Trinajstić information content (AvgIpc) is 1.99. The molecule has 0 aromatic heterocycles. The fraction of sp³-hybridized carbons (Fsp3) is 1.00. The highest BCUT2D eigenvalue weighted by atomic mass is 32.1. The van der Waals surface area contributed by atoms with Crippen LogP contribution in [0, 0.1) is 5.41 Å². The van der Waals surface area contributed by atoms with Crippen LogP contribution in [0.15, 0.2) is 0 Å². The molecular weight excluding hydrogens is 160 g/mol. The molecule has 0 aliphatic heterocycles. The van der Waals surface area contributed by atoms with E-state index in [1.165, 1.54) is 0 Å². The Hall–Kier alpha value is 0.270. The Balaban J connectivity index is 3.23. The molecule has 0 spiro atoms. The molecule has 0 aliphatic rings. The molecule has 0 heterocycles. The number of rotatable bonds is 6. The van der Waals surface area contributed by atoms with Crippen molar-refractivity contribution in [1.82, 2.24) is 0 Å². The molecule has 0 N–H and O–H groups in total. The number of thiol groups is 1. The van der Waals surface area contributed by atoms with Gasteiger partial charge in [0.1, 0.15) is 0 Å². The fourth-order valence-corrected chi connectivity index (χ4v) is 0.628. The summed E-state index contributed by atoms with van der Waals surface area (Å²) in [6, 6.07) is 0. The summed E-state index contributed by atoms with van der Waals surface area (Å²) in [5.74, 6) is 0.847. The molecule has 2 nitrogen and oxygen atoms in total. The minimum atomic E-state index is 0.177. The predicted octanol–water partition coefficient (Wildman–Crippen LogP) is 1.61. The van der Waals surface area contributed by atoms with Crippen LogP contribution in [0.2, 0.25) is 0 Å². The van der Waals surface area contributed by atoms with Crippen molar-refractivity contribution in [2.24, 2.45) is 5.41 Å². The summed E-state index contributed by atoms with van der Waals surface area (Å²) in [7, 11) is 1.67. The molecule has 0 fully saturated rings. The van der Waals surface area contributed by atoms with Crippen LogP contribution in [-0.2, 0) is 9.47 Å². The van der Waals surface area contributed by atoms with Gasteiger partial charge in [-0.2, -0.15) is 12.6 Å². The first kappa shape index (κ1) is 11.3. The zero-order valence-corrected chi connectivity index (χ0v) is 8.49. The van der Waals surface area contributed by atoms with Crippen molar-refractivity contribution in [3.63, 3.8) is 0 Å². The second-order valence-corrected chi connectivity index (χ2v) is 3.68. The van der Waals surface area contributed by atoms with Gasteiger partial charge in [-0.3, -0.25) is 0 Å². The SMILES string of the molecule is COCCOCC(C)(C)CS. The normalized spacial score (nSPS) is 12.0. The minimum Gasteiger partial charge on any atom is -0.382 e. The van der Waals surface area contributed by atoms with Crippen LogP contribution in [-0.4, -0.2) is 32.7 Å². The van der Waals surface area contributed by atoms with E-state index < -0.39 is 0 Å². The van der Waals surface area contributed by atoms with Crippen molar-refractivity contribution in [2.75, 3.05) is 32.7 Å². The van der Waals surface area contributed by atoms with Gasteiger partial charge in [0.05, 0.1) is 19.8 Å². The van der Waals surface area contributed by atoms with E-state index >= 15 is 0 Å². The van der Waals surface area contributed by atoms with E-state index in [-0.39, 0.29) is 5.41 Å². The molecule has 0 saturated carbocycles. The number of hydrogen-bond acceptors (Lipinski definition) is 3. The second kappa shape index (κ2) is 5.86. The van der Waals surface area contributed by atoms with Gasteiger partial charge < -0.3 is 9.47 Å². The Morgan fingerprint density at radius 1 is 1.27 bits per heavy atom. The van der Waals surface area contributed by atoms with E-state index in [9.17, 15) is 0 Å². The van der Waals surface area contributed by atoms with Crippen LogP contribution in [0.1, 0.15) is 13.8 Å². The summed E-state index contributed by atoms with van der Waals surface area (Å²) in [5, 5.41) is 0. The molecule has 11 heavy (non-hydrogen) atoms. The maximum absolute atomic E-state index is 5.36. The lowest BCUT2D eigenvalue weighted by molar-refractivity contribution is 0.0351. The lowest BCUT2D eigenvalue weighted by atomic mass is 9.98. The van der Waals surface area contributed by atoms with Gasteiger partial charge in [0.15, 0.2) is 0 Å². The average molecular weight is 178 g/mol. The van der Waals surface area contributed by atoms with Gasteiger partial charge in [-0.25, -0.2) is 0 Å². The highest BCUT2D eigenvalue weighted by Crippen LogP contribution is 2.16. The maximum atomic E-state index is 5.36. The molecule has 0 saturated heterocycles. The van der Waals surface area contributed by atoms with Crippen molar-refractivity contribution < 1.29 is 9.47 Å². The molecule has 0 amide bonds. The van der Waals surface area contributed by atoms with Crippen molar-refractivity contribution in [2.45, 2.75) is 13.8 Å². The highest BCUT2D eigenvalue weighted by molar-refractivity contribution is 7.80. The Labute approximate surface area is 74.7 Å². The van der Waals surface area contributed by atoms with Gasteiger partial charge in [-0.05, 0) is 11.2 Å². The smallest absolute Gasteiger partial charge is 0.0700 e.